The van der Waals surface area contributed by atoms with E-state index in [9.17, 15) is 10.1 Å². The number of carbonyl (C=O) groups is 1. The van der Waals surface area contributed by atoms with Gasteiger partial charge in [-0.3, -0.25) is 9.69 Å². The monoisotopic (exact) mass is 368 g/mol. The summed E-state index contributed by atoms with van der Waals surface area (Å²) in [7, 11) is 0. The van der Waals surface area contributed by atoms with Crippen molar-refractivity contribution < 1.29 is 9.21 Å². The van der Waals surface area contributed by atoms with Crippen LogP contribution in [0.4, 0.5) is 5.82 Å². The van der Waals surface area contributed by atoms with E-state index in [0.717, 1.165) is 30.1 Å². The number of furan rings is 1. The summed E-state index contributed by atoms with van der Waals surface area (Å²) in [6.45, 7) is 11.0. The number of anilines is 1. The Balaban J connectivity index is 1.79. The number of nitrogens with one attached hydrogen (secondary N) is 1. The Morgan fingerprint density at radius 1 is 1.33 bits per heavy atom. The number of rotatable bonds is 5. The quantitative estimate of drug-likeness (QED) is 0.876. The molecule has 1 N–H and O–H groups in total. The Bertz CT molecular complexity index is 835. The van der Waals surface area contributed by atoms with Crippen molar-refractivity contribution in [3.63, 3.8) is 0 Å². The molecule has 3 rings (SSSR count). The van der Waals surface area contributed by atoms with E-state index in [0.29, 0.717) is 36.3 Å². The summed E-state index contributed by atoms with van der Waals surface area (Å²) in [6.07, 6.45) is 2.84. The maximum absolute atomic E-state index is 12.7. The fraction of sp³-hybridized carbons (Fsp3) is 0.524. The summed E-state index contributed by atoms with van der Waals surface area (Å²) in [5.41, 5.74) is 2.37. The Morgan fingerprint density at radius 3 is 2.63 bits per heavy atom. The van der Waals surface area contributed by atoms with Gasteiger partial charge in [0.05, 0.1) is 24.9 Å². The molecule has 0 saturated carbocycles. The zero-order valence-corrected chi connectivity index (χ0v) is 16.6. The topological polar surface area (TPSA) is 74.2 Å². The molecule has 1 amide bonds. The van der Waals surface area contributed by atoms with Gasteiger partial charge in [-0.1, -0.05) is 13.8 Å². The molecule has 0 spiro atoms. The van der Waals surface area contributed by atoms with Gasteiger partial charge in [0, 0.05) is 18.8 Å². The number of aromatic nitrogens is 1. The SMILES string of the molecule is Cc1c(C#N)c(NC(=O)CN2C[C@H](C)C[C@@H](C)C2)n(Cc2ccco2)c1C. The van der Waals surface area contributed by atoms with Crippen LogP contribution in [0.2, 0.25) is 0 Å². The Morgan fingerprint density at radius 2 is 2.04 bits per heavy atom. The third-order valence-corrected chi connectivity index (χ3v) is 5.40. The molecular weight excluding hydrogens is 340 g/mol. The Hall–Kier alpha value is -2.52. The number of nitriles is 1. The lowest BCUT2D eigenvalue weighted by Crippen LogP contribution is -2.43. The van der Waals surface area contributed by atoms with Crippen molar-refractivity contribution in [3.8, 4) is 6.07 Å². The van der Waals surface area contributed by atoms with Crippen LogP contribution in [-0.4, -0.2) is 35.0 Å². The normalized spacial score (nSPS) is 20.4. The van der Waals surface area contributed by atoms with Crippen LogP contribution in [0.3, 0.4) is 0 Å². The van der Waals surface area contributed by atoms with Gasteiger partial charge in [0.15, 0.2) is 0 Å². The van der Waals surface area contributed by atoms with Crippen LogP contribution in [0.5, 0.6) is 0 Å². The fourth-order valence-corrected chi connectivity index (χ4v) is 4.18. The van der Waals surface area contributed by atoms with Gasteiger partial charge < -0.3 is 14.3 Å². The largest absolute Gasteiger partial charge is 0.467 e. The molecule has 0 aromatic carbocycles. The van der Waals surface area contributed by atoms with Crippen LogP contribution < -0.4 is 5.32 Å². The van der Waals surface area contributed by atoms with E-state index in [2.05, 4.69) is 30.1 Å². The molecule has 6 heteroatoms. The van der Waals surface area contributed by atoms with Crippen molar-refractivity contribution in [2.45, 2.75) is 40.7 Å². The highest BCUT2D eigenvalue weighted by Crippen LogP contribution is 2.28. The first-order valence-electron chi connectivity index (χ1n) is 9.53. The van der Waals surface area contributed by atoms with Crippen molar-refractivity contribution in [2.24, 2.45) is 11.8 Å². The smallest absolute Gasteiger partial charge is 0.239 e. The van der Waals surface area contributed by atoms with Gasteiger partial charge in [-0.05, 0) is 49.8 Å². The third kappa shape index (κ3) is 4.25. The first-order chi connectivity index (χ1) is 12.9. The van der Waals surface area contributed by atoms with Crippen LogP contribution in [-0.2, 0) is 11.3 Å². The van der Waals surface area contributed by atoms with E-state index >= 15 is 0 Å². The van der Waals surface area contributed by atoms with Gasteiger partial charge >= 0.3 is 0 Å². The molecule has 0 bridgehead atoms. The van der Waals surface area contributed by atoms with Gasteiger partial charge in [0.1, 0.15) is 17.6 Å². The number of hydrogen-bond acceptors (Lipinski definition) is 4. The zero-order valence-electron chi connectivity index (χ0n) is 16.6. The molecule has 1 aliphatic heterocycles. The molecular formula is C21H28N4O2. The first-order valence-corrected chi connectivity index (χ1v) is 9.53. The summed E-state index contributed by atoms with van der Waals surface area (Å²) in [6, 6.07) is 5.98. The number of piperidine rings is 1. The average molecular weight is 368 g/mol. The molecule has 0 aliphatic carbocycles. The van der Waals surface area contributed by atoms with Crippen LogP contribution >= 0.6 is 0 Å². The molecule has 2 aromatic rings. The van der Waals surface area contributed by atoms with Crippen LogP contribution in [0, 0.1) is 37.0 Å². The van der Waals surface area contributed by atoms with Crippen molar-refractivity contribution in [1.29, 1.82) is 5.26 Å². The minimum atomic E-state index is -0.0778. The summed E-state index contributed by atoms with van der Waals surface area (Å²) < 4.78 is 7.41. The van der Waals surface area contributed by atoms with E-state index in [-0.39, 0.29) is 5.91 Å². The highest BCUT2D eigenvalue weighted by molar-refractivity contribution is 5.93. The standard InChI is InChI=1S/C21H28N4O2/c1-14-8-15(2)11-24(10-14)13-20(26)23-21-19(9-22)16(3)17(4)25(21)12-18-6-5-7-27-18/h5-7,14-15H,8,10-13H2,1-4H3,(H,23,26)/t14-,15-/m1/s1. The Labute approximate surface area is 160 Å². The number of carbonyl (C=O) groups excluding carboxylic acids is 1. The molecule has 0 radical (unpaired) electrons. The highest BCUT2D eigenvalue weighted by Gasteiger charge is 2.25. The summed E-state index contributed by atoms with van der Waals surface area (Å²) >= 11 is 0. The van der Waals surface area contributed by atoms with Crippen molar-refractivity contribution in [1.82, 2.24) is 9.47 Å². The van der Waals surface area contributed by atoms with Crippen molar-refractivity contribution in [3.05, 3.63) is 41.0 Å². The van der Waals surface area contributed by atoms with Gasteiger partial charge in [0.2, 0.25) is 5.91 Å². The van der Waals surface area contributed by atoms with Crippen molar-refractivity contribution >= 4 is 11.7 Å². The van der Waals surface area contributed by atoms with Crippen molar-refractivity contribution in [2.75, 3.05) is 25.0 Å². The van der Waals surface area contributed by atoms with Gasteiger partial charge in [-0.15, -0.1) is 0 Å². The first kappa shape index (κ1) is 19.2. The predicted molar refractivity (Wildman–Crippen MR) is 104 cm³/mol. The van der Waals surface area contributed by atoms with E-state index in [1.54, 1.807) is 6.26 Å². The van der Waals surface area contributed by atoms with Gasteiger partial charge in [0.25, 0.3) is 0 Å². The summed E-state index contributed by atoms with van der Waals surface area (Å²) in [5.74, 6) is 2.47. The number of nitrogens with zero attached hydrogens (tertiary/aromatic N) is 3. The molecule has 144 valence electrons. The Kier molecular flexibility index (Phi) is 5.71. The minimum Gasteiger partial charge on any atom is -0.467 e. The number of amides is 1. The second kappa shape index (κ2) is 8.01. The van der Waals surface area contributed by atoms with Gasteiger partial charge in [-0.2, -0.15) is 5.26 Å². The van der Waals surface area contributed by atoms with E-state index in [1.165, 1.54) is 6.42 Å². The second-order valence-electron chi connectivity index (χ2n) is 7.90. The predicted octanol–water partition coefficient (Wildman–Crippen LogP) is 3.53. The molecule has 3 heterocycles. The molecule has 1 saturated heterocycles. The van der Waals surface area contributed by atoms with Crippen LogP contribution in [0.1, 0.15) is 42.8 Å². The molecule has 6 nitrogen and oxygen atoms in total. The molecule has 1 fully saturated rings. The third-order valence-electron chi connectivity index (χ3n) is 5.40. The second-order valence-corrected chi connectivity index (χ2v) is 7.90. The van der Waals surface area contributed by atoms with Crippen LogP contribution in [0.15, 0.2) is 22.8 Å². The maximum atomic E-state index is 12.7. The number of likely N-dealkylation sites (tertiary alicyclic amines) is 1. The fourth-order valence-electron chi connectivity index (χ4n) is 4.18. The molecule has 2 aromatic heterocycles. The highest BCUT2D eigenvalue weighted by atomic mass is 16.3. The van der Waals surface area contributed by atoms with Gasteiger partial charge in [-0.25, -0.2) is 0 Å². The van der Waals surface area contributed by atoms with E-state index in [4.69, 9.17) is 4.42 Å². The van der Waals surface area contributed by atoms with Crippen LogP contribution in [0.25, 0.3) is 0 Å². The summed E-state index contributed by atoms with van der Waals surface area (Å²) in [4.78, 5) is 14.9. The average Bonchev–Trinajstić information content (AvgIpc) is 3.17. The lowest BCUT2D eigenvalue weighted by atomic mass is 9.92. The molecule has 2 atom stereocenters. The summed E-state index contributed by atoms with van der Waals surface area (Å²) in [5, 5.41) is 12.6. The zero-order chi connectivity index (χ0) is 19.6. The lowest BCUT2D eigenvalue weighted by Gasteiger charge is -2.34. The van der Waals surface area contributed by atoms with E-state index in [1.807, 2.05) is 30.5 Å². The minimum absolute atomic E-state index is 0.0778. The molecule has 0 unspecified atom stereocenters. The molecule has 1 aliphatic rings. The maximum Gasteiger partial charge on any atom is 0.239 e. The molecule has 27 heavy (non-hydrogen) atoms. The lowest BCUT2D eigenvalue weighted by molar-refractivity contribution is -0.117. The number of hydrogen-bond donors (Lipinski definition) is 1. The van der Waals surface area contributed by atoms with E-state index < -0.39 is 0 Å².